The van der Waals surface area contributed by atoms with Gasteiger partial charge in [0.25, 0.3) is 9.05 Å². The van der Waals surface area contributed by atoms with Crippen LogP contribution in [-0.2, 0) is 13.8 Å². The third-order valence-electron chi connectivity index (χ3n) is 2.58. The van der Waals surface area contributed by atoms with Crippen molar-refractivity contribution in [3.63, 3.8) is 0 Å². The van der Waals surface area contributed by atoms with E-state index in [2.05, 4.69) is 0 Å². The Balaban J connectivity index is 2.60. The molecule has 0 bridgehead atoms. The number of hydrogen-bond donors (Lipinski definition) is 1. The number of ether oxygens (including phenoxy) is 2. The number of fused-ring (bicyclic) bond motifs is 1. The first kappa shape index (κ1) is 14.2. The Kier molecular flexibility index (Phi) is 3.80. The van der Waals surface area contributed by atoms with Crippen LogP contribution in [0.2, 0.25) is 5.02 Å². The Morgan fingerprint density at radius 1 is 1.47 bits per heavy atom. The van der Waals surface area contributed by atoms with E-state index in [1.165, 1.54) is 12.1 Å². The lowest BCUT2D eigenvalue weighted by Gasteiger charge is -2.27. The molecule has 0 saturated heterocycles. The van der Waals surface area contributed by atoms with Crippen molar-refractivity contribution in [2.24, 2.45) is 5.73 Å². The van der Waals surface area contributed by atoms with Crippen LogP contribution in [0.4, 0.5) is 4.79 Å². The monoisotopic (exact) mass is 325 g/mol. The Morgan fingerprint density at radius 3 is 2.74 bits per heavy atom. The topological polar surface area (TPSA) is 95.7 Å². The van der Waals surface area contributed by atoms with Crippen LogP contribution in [0.25, 0.3) is 0 Å². The number of rotatable bonds is 2. The average Bonchev–Trinajstić information content (AvgIpc) is 2.26. The number of primary amides is 1. The van der Waals surface area contributed by atoms with Crippen LogP contribution in [0.1, 0.15) is 18.1 Å². The van der Waals surface area contributed by atoms with Gasteiger partial charge in [0.15, 0.2) is 0 Å². The molecule has 0 aliphatic carbocycles. The molecule has 1 atom stereocenters. The van der Waals surface area contributed by atoms with Gasteiger partial charge < -0.3 is 15.2 Å². The largest absolute Gasteiger partial charge is 0.492 e. The molecule has 6 nitrogen and oxygen atoms in total. The predicted octanol–water partition coefficient (Wildman–Crippen LogP) is 2.19. The number of carbonyl (C=O) groups is 1. The highest BCUT2D eigenvalue weighted by Crippen LogP contribution is 2.43. The maximum absolute atomic E-state index is 11.5. The van der Waals surface area contributed by atoms with Crippen molar-refractivity contribution in [2.45, 2.75) is 17.4 Å². The van der Waals surface area contributed by atoms with Gasteiger partial charge in [0.2, 0.25) is 0 Å². The fourth-order valence-corrected chi connectivity index (χ4v) is 3.12. The minimum Gasteiger partial charge on any atom is -0.492 e. The van der Waals surface area contributed by atoms with Gasteiger partial charge in [-0.1, -0.05) is 11.6 Å². The summed E-state index contributed by atoms with van der Waals surface area (Å²) in [6.07, 6.45) is -1.42. The van der Waals surface area contributed by atoms with Crippen molar-refractivity contribution in [2.75, 3.05) is 6.61 Å². The Morgan fingerprint density at radius 2 is 2.16 bits per heavy atom. The molecule has 0 radical (unpaired) electrons. The van der Waals surface area contributed by atoms with Crippen molar-refractivity contribution in [1.29, 1.82) is 0 Å². The molecule has 9 heteroatoms. The normalized spacial score (nSPS) is 18.3. The van der Waals surface area contributed by atoms with E-state index in [0.29, 0.717) is 6.42 Å². The minimum atomic E-state index is -4.00. The lowest BCUT2D eigenvalue weighted by molar-refractivity contribution is 0.0755. The summed E-state index contributed by atoms with van der Waals surface area (Å²) in [7, 11) is 1.32. The fraction of sp³-hybridized carbons (Fsp3) is 0.300. The van der Waals surface area contributed by atoms with E-state index < -0.39 is 21.2 Å². The van der Waals surface area contributed by atoms with Gasteiger partial charge in [0, 0.05) is 17.1 Å². The third-order valence-corrected chi connectivity index (χ3v) is 4.25. The maximum atomic E-state index is 11.5. The van der Waals surface area contributed by atoms with Crippen molar-refractivity contribution >= 4 is 37.4 Å². The van der Waals surface area contributed by atoms with Gasteiger partial charge in [-0.3, -0.25) is 0 Å². The highest BCUT2D eigenvalue weighted by Gasteiger charge is 2.32. The zero-order valence-corrected chi connectivity index (χ0v) is 11.8. The van der Waals surface area contributed by atoms with Crippen LogP contribution >= 0.6 is 22.3 Å². The molecule has 1 heterocycles. The molecule has 0 saturated carbocycles. The Labute approximate surface area is 118 Å². The van der Waals surface area contributed by atoms with Gasteiger partial charge in [-0.05, 0) is 12.1 Å². The van der Waals surface area contributed by atoms with Gasteiger partial charge in [0.1, 0.15) is 16.7 Å². The van der Waals surface area contributed by atoms with Gasteiger partial charge in [-0.25, -0.2) is 13.2 Å². The van der Waals surface area contributed by atoms with Crippen LogP contribution in [0.3, 0.4) is 0 Å². The zero-order valence-electron chi connectivity index (χ0n) is 9.43. The summed E-state index contributed by atoms with van der Waals surface area (Å²) in [6, 6.07) is 2.58. The molecule has 0 aromatic heterocycles. The van der Waals surface area contributed by atoms with E-state index in [-0.39, 0.29) is 27.8 Å². The van der Waals surface area contributed by atoms with Crippen LogP contribution in [-0.4, -0.2) is 21.1 Å². The van der Waals surface area contributed by atoms with E-state index in [4.69, 9.17) is 37.5 Å². The lowest BCUT2D eigenvalue weighted by atomic mass is 10.0. The number of benzene rings is 1. The van der Waals surface area contributed by atoms with E-state index in [0.717, 1.165) is 0 Å². The highest BCUT2D eigenvalue weighted by molar-refractivity contribution is 8.13. The van der Waals surface area contributed by atoms with Gasteiger partial charge in [0.05, 0.1) is 17.2 Å². The smallest absolute Gasteiger partial charge is 0.405 e. The fourth-order valence-electron chi connectivity index (χ4n) is 1.87. The Bertz CT molecular complexity index is 631. The molecular formula is C10H9Cl2NO5S. The molecule has 1 aromatic carbocycles. The summed E-state index contributed by atoms with van der Waals surface area (Å²) >= 11 is 5.99. The van der Waals surface area contributed by atoms with Gasteiger partial charge >= 0.3 is 6.09 Å². The van der Waals surface area contributed by atoms with Crippen molar-refractivity contribution in [1.82, 2.24) is 0 Å². The number of halogens is 2. The minimum absolute atomic E-state index is 0.000000000000000666. The first-order valence-corrected chi connectivity index (χ1v) is 7.85. The maximum Gasteiger partial charge on any atom is 0.405 e. The average molecular weight is 326 g/mol. The number of hydrogen-bond acceptors (Lipinski definition) is 5. The van der Waals surface area contributed by atoms with Crippen molar-refractivity contribution in [3.8, 4) is 5.75 Å². The van der Waals surface area contributed by atoms with Crippen molar-refractivity contribution < 1.29 is 22.7 Å². The molecule has 1 aliphatic heterocycles. The molecule has 1 aliphatic rings. The SMILES string of the molecule is NC(=O)OC1CCOc2c(S(=O)(=O)Cl)ccc(Cl)c21. The van der Waals surface area contributed by atoms with E-state index in [1.807, 2.05) is 0 Å². The number of carbonyl (C=O) groups excluding carboxylic acids is 1. The van der Waals surface area contributed by atoms with Crippen LogP contribution < -0.4 is 10.5 Å². The lowest BCUT2D eigenvalue weighted by Crippen LogP contribution is -2.23. The molecule has 1 amide bonds. The van der Waals surface area contributed by atoms with Crippen LogP contribution in [0.5, 0.6) is 5.75 Å². The van der Waals surface area contributed by atoms with E-state index >= 15 is 0 Å². The summed E-state index contributed by atoms with van der Waals surface area (Å²) in [5.41, 5.74) is 5.22. The van der Waals surface area contributed by atoms with Crippen molar-refractivity contribution in [3.05, 3.63) is 22.7 Å². The quantitative estimate of drug-likeness (QED) is 0.841. The summed E-state index contributed by atoms with van der Waals surface area (Å²) in [6.45, 7) is 0.157. The third kappa shape index (κ3) is 2.88. The standard InChI is InChI=1S/C10H9Cl2NO5S/c11-5-1-2-7(19(12,15)16)9-8(5)6(3-4-17-9)18-10(13)14/h1-2,6H,3-4H2,(H2,13,14). The van der Waals surface area contributed by atoms with Gasteiger partial charge in [-0.15, -0.1) is 0 Å². The molecule has 0 fully saturated rings. The van der Waals surface area contributed by atoms with E-state index in [9.17, 15) is 13.2 Å². The first-order chi connectivity index (χ1) is 8.80. The second-order valence-corrected chi connectivity index (χ2v) is 6.73. The molecule has 0 spiro atoms. The Hall–Kier alpha value is -1.18. The second kappa shape index (κ2) is 5.07. The number of nitrogens with two attached hydrogens (primary N) is 1. The summed E-state index contributed by atoms with van der Waals surface area (Å²) in [4.78, 5) is 10.6. The summed E-state index contributed by atoms with van der Waals surface area (Å²) < 4.78 is 33.1. The summed E-state index contributed by atoms with van der Waals surface area (Å²) in [5.74, 6) is 0.000000000000000666. The second-order valence-electron chi connectivity index (χ2n) is 3.79. The zero-order chi connectivity index (χ0) is 14.2. The molecule has 1 unspecified atom stereocenters. The number of amides is 1. The molecule has 1 aromatic rings. The van der Waals surface area contributed by atoms with Crippen LogP contribution in [0.15, 0.2) is 17.0 Å². The predicted molar refractivity (Wildman–Crippen MR) is 68.0 cm³/mol. The molecule has 104 valence electrons. The molecule has 2 N–H and O–H groups in total. The highest BCUT2D eigenvalue weighted by atomic mass is 35.7. The van der Waals surface area contributed by atoms with E-state index in [1.54, 1.807) is 0 Å². The molecule has 2 rings (SSSR count). The summed E-state index contributed by atoms with van der Waals surface area (Å²) in [5, 5.41) is 0.213. The van der Waals surface area contributed by atoms with Gasteiger partial charge in [-0.2, -0.15) is 0 Å². The van der Waals surface area contributed by atoms with Crippen LogP contribution in [0, 0.1) is 0 Å². The molecule has 19 heavy (non-hydrogen) atoms. The first-order valence-electron chi connectivity index (χ1n) is 5.16. The molecular weight excluding hydrogens is 317 g/mol.